The van der Waals surface area contributed by atoms with E-state index in [4.69, 9.17) is 0 Å². The van der Waals surface area contributed by atoms with Gasteiger partial charge in [0.15, 0.2) is 0 Å². The molecule has 118 valence electrons. The van der Waals surface area contributed by atoms with Crippen LogP contribution in [-0.4, -0.2) is 48.1 Å². The molecule has 1 aromatic rings. The third kappa shape index (κ3) is 3.82. The fraction of sp³-hybridized carbons (Fsp3) is 0.692. The highest BCUT2D eigenvalue weighted by Crippen LogP contribution is 2.16. The summed E-state index contributed by atoms with van der Waals surface area (Å²) >= 11 is 0. The second-order valence-electron chi connectivity index (χ2n) is 5.65. The third-order valence-electron chi connectivity index (χ3n) is 3.68. The van der Waals surface area contributed by atoms with Gasteiger partial charge in [-0.1, -0.05) is 0 Å². The van der Waals surface area contributed by atoms with E-state index in [1.165, 1.54) is 19.3 Å². The average molecular weight is 314 g/mol. The van der Waals surface area contributed by atoms with Crippen LogP contribution in [0.4, 0.5) is 0 Å². The van der Waals surface area contributed by atoms with Crippen molar-refractivity contribution in [2.24, 2.45) is 0 Å². The Morgan fingerprint density at radius 1 is 1.38 bits per heavy atom. The van der Waals surface area contributed by atoms with Crippen LogP contribution in [0.15, 0.2) is 17.3 Å². The van der Waals surface area contributed by atoms with Crippen molar-refractivity contribution in [3.8, 4) is 0 Å². The average Bonchev–Trinajstić information content (AvgIpc) is 2.89. The van der Waals surface area contributed by atoms with Crippen molar-refractivity contribution < 1.29 is 13.2 Å². The van der Waals surface area contributed by atoms with Crippen LogP contribution in [0.25, 0.3) is 0 Å². The van der Waals surface area contributed by atoms with Gasteiger partial charge in [0.05, 0.1) is 6.20 Å². The molecule has 1 saturated heterocycles. The summed E-state index contributed by atoms with van der Waals surface area (Å²) in [6.45, 7) is 6.59. The van der Waals surface area contributed by atoms with Gasteiger partial charge in [0.1, 0.15) is 4.90 Å². The first-order valence-corrected chi connectivity index (χ1v) is 8.60. The second kappa shape index (κ2) is 6.15. The maximum absolute atomic E-state index is 12.3. The normalized spacial score (nSPS) is 17.4. The monoisotopic (exact) mass is 314 g/mol. The summed E-state index contributed by atoms with van der Waals surface area (Å²) in [5.74, 6) is 0.0366. The SMILES string of the molecule is CC(=O)N1CCC(NS(=O)(=O)c2cnn(C(C)C)c2)CC1. The summed E-state index contributed by atoms with van der Waals surface area (Å²) in [4.78, 5) is 13.2. The van der Waals surface area contributed by atoms with Gasteiger partial charge in [0.25, 0.3) is 0 Å². The molecule has 0 aliphatic carbocycles. The standard InChI is InChI=1S/C13H22N4O3S/c1-10(2)17-9-13(8-14-17)21(19,20)15-12-4-6-16(7-5-12)11(3)18/h8-10,12,15H,4-7H2,1-3H3. The van der Waals surface area contributed by atoms with Crippen LogP contribution in [0.1, 0.15) is 39.7 Å². The molecule has 1 amide bonds. The number of carbonyl (C=O) groups is 1. The van der Waals surface area contributed by atoms with Crippen LogP contribution in [0.3, 0.4) is 0 Å². The minimum absolute atomic E-state index is 0.0366. The molecule has 8 heteroatoms. The summed E-state index contributed by atoms with van der Waals surface area (Å²) in [5, 5.41) is 4.05. The summed E-state index contributed by atoms with van der Waals surface area (Å²) < 4.78 is 28.9. The lowest BCUT2D eigenvalue weighted by Gasteiger charge is -2.31. The zero-order chi connectivity index (χ0) is 15.6. The van der Waals surface area contributed by atoms with Crippen LogP contribution in [0.5, 0.6) is 0 Å². The lowest BCUT2D eigenvalue weighted by molar-refractivity contribution is -0.129. The number of hydrogen-bond acceptors (Lipinski definition) is 4. The maximum Gasteiger partial charge on any atom is 0.243 e. The fourth-order valence-electron chi connectivity index (χ4n) is 2.34. The Labute approximate surface area is 125 Å². The van der Waals surface area contributed by atoms with Gasteiger partial charge in [0.2, 0.25) is 15.9 Å². The van der Waals surface area contributed by atoms with E-state index >= 15 is 0 Å². The van der Waals surface area contributed by atoms with E-state index in [0.29, 0.717) is 25.9 Å². The summed E-state index contributed by atoms with van der Waals surface area (Å²) in [6, 6.07) is -0.0132. The minimum Gasteiger partial charge on any atom is -0.343 e. The Morgan fingerprint density at radius 3 is 2.48 bits per heavy atom. The van der Waals surface area contributed by atoms with Crippen molar-refractivity contribution in [1.29, 1.82) is 0 Å². The van der Waals surface area contributed by atoms with Gasteiger partial charge in [-0.05, 0) is 26.7 Å². The molecular weight excluding hydrogens is 292 g/mol. The first-order chi connectivity index (χ1) is 9.79. The van der Waals surface area contributed by atoms with E-state index < -0.39 is 10.0 Å². The van der Waals surface area contributed by atoms with E-state index in [-0.39, 0.29) is 22.9 Å². The lowest BCUT2D eigenvalue weighted by atomic mass is 10.1. The highest BCUT2D eigenvalue weighted by atomic mass is 32.2. The molecule has 1 aliphatic rings. The highest BCUT2D eigenvalue weighted by molar-refractivity contribution is 7.89. The predicted octanol–water partition coefficient (Wildman–Crippen LogP) is 0.753. The Balaban J connectivity index is 2.00. The number of aromatic nitrogens is 2. The Bertz CT molecular complexity index is 601. The molecule has 2 heterocycles. The quantitative estimate of drug-likeness (QED) is 0.889. The number of sulfonamides is 1. The Morgan fingerprint density at radius 2 is 2.00 bits per heavy atom. The zero-order valence-corrected chi connectivity index (χ0v) is 13.4. The number of hydrogen-bond donors (Lipinski definition) is 1. The van der Waals surface area contributed by atoms with Crippen LogP contribution >= 0.6 is 0 Å². The summed E-state index contributed by atoms with van der Waals surface area (Å²) in [6.07, 6.45) is 4.18. The number of rotatable bonds is 4. The predicted molar refractivity (Wildman–Crippen MR) is 78.2 cm³/mol. The van der Waals surface area contributed by atoms with Gasteiger partial charge in [-0.25, -0.2) is 13.1 Å². The largest absolute Gasteiger partial charge is 0.343 e. The first kappa shape index (κ1) is 16.0. The molecule has 1 aliphatic heterocycles. The van der Waals surface area contributed by atoms with E-state index in [1.807, 2.05) is 13.8 Å². The van der Waals surface area contributed by atoms with Gasteiger partial charge in [-0.15, -0.1) is 0 Å². The number of nitrogens with one attached hydrogen (secondary N) is 1. The Kier molecular flexibility index (Phi) is 4.67. The first-order valence-electron chi connectivity index (χ1n) is 7.11. The summed E-state index contributed by atoms with van der Waals surface area (Å²) in [7, 11) is -3.55. The molecule has 0 spiro atoms. The molecule has 0 bridgehead atoms. The molecule has 1 aromatic heterocycles. The maximum atomic E-state index is 12.3. The van der Waals surface area contributed by atoms with Gasteiger partial charge < -0.3 is 4.90 Å². The van der Waals surface area contributed by atoms with Crippen LogP contribution in [0.2, 0.25) is 0 Å². The van der Waals surface area contributed by atoms with E-state index in [0.717, 1.165) is 0 Å². The van der Waals surface area contributed by atoms with E-state index in [2.05, 4.69) is 9.82 Å². The number of carbonyl (C=O) groups excluding carboxylic acids is 1. The zero-order valence-electron chi connectivity index (χ0n) is 12.6. The van der Waals surface area contributed by atoms with Crippen molar-refractivity contribution in [3.63, 3.8) is 0 Å². The second-order valence-corrected chi connectivity index (χ2v) is 7.37. The van der Waals surface area contributed by atoms with E-state index in [1.54, 1.807) is 9.58 Å². The molecule has 2 rings (SSSR count). The number of nitrogens with zero attached hydrogens (tertiary/aromatic N) is 3. The molecule has 0 radical (unpaired) electrons. The van der Waals surface area contributed by atoms with Gasteiger partial charge in [-0.3, -0.25) is 9.48 Å². The minimum atomic E-state index is -3.55. The molecule has 7 nitrogen and oxygen atoms in total. The highest BCUT2D eigenvalue weighted by Gasteiger charge is 2.26. The fourth-order valence-corrected chi connectivity index (χ4v) is 3.58. The number of likely N-dealkylation sites (tertiary alicyclic amines) is 1. The van der Waals surface area contributed by atoms with Crippen molar-refractivity contribution in [2.45, 2.75) is 50.6 Å². The molecular formula is C13H22N4O3S. The van der Waals surface area contributed by atoms with Crippen LogP contribution in [0, 0.1) is 0 Å². The lowest BCUT2D eigenvalue weighted by Crippen LogP contribution is -2.45. The van der Waals surface area contributed by atoms with Crippen LogP contribution < -0.4 is 4.72 Å². The Hall–Kier alpha value is -1.41. The van der Waals surface area contributed by atoms with Gasteiger partial charge in [-0.2, -0.15) is 5.10 Å². The van der Waals surface area contributed by atoms with Crippen molar-refractivity contribution in [1.82, 2.24) is 19.4 Å². The third-order valence-corrected chi connectivity index (χ3v) is 5.15. The van der Waals surface area contributed by atoms with E-state index in [9.17, 15) is 13.2 Å². The number of piperidine rings is 1. The molecule has 0 atom stereocenters. The topological polar surface area (TPSA) is 84.3 Å². The van der Waals surface area contributed by atoms with Gasteiger partial charge >= 0.3 is 0 Å². The van der Waals surface area contributed by atoms with Gasteiger partial charge in [0, 0.05) is 38.3 Å². The smallest absolute Gasteiger partial charge is 0.243 e. The van der Waals surface area contributed by atoms with Crippen molar-refractivity contribution in [3.05, 3.63) is 12.4 Å². The van der Waals surface area contributed by atoms with Crippen LogP contribution in [-0.2, 0) is 14.8 Å². The van der Waals surface area contributed by atoms with Crippen molar-refractivity contribution in [2.75, 3.05) is 13.1 Å². The molecule has 1 N–H and O–H groups in total. The molecule has 0 unspecified atom stereocenters. The molecule has 21 heavy (non-hydrogen) atoms. The number of amides is 1. The molecule has 1 fully saturated rings. The molecule has 0 saturated carbocycles. The van der Waals surface area contributed by atoms with Crippen molar-refractivity contribution >= 4 is 15.9 Å². The molecule has 0 aromatic carbocycles. The summed E-state index contributed by atoms with van der Waals surface area (Å²) in [5.41, 5.74) is 0.